The van der Waals surface area contributed by atoms with Crippen LogP contribution >= 0.6 is 0 Å². The predicted molar refractivity (Wildman–Crippen MR) is 111 cm³/mol. The first kappa shape index (κ1) is 25.2. The molecule has 1 saturated heterocycles. The van der Waals surface area contributed by atoms with Gasteiger partial charge in [-0.3, -0.25) is 4.79 Å². The van der Waals surface area contributed by atoms with Crippen molar-refractivity contribution < 1.29 is 33.6 Å². The van der Waals surface area contributed by atoms with E-state index >= 15 is 0 Å². The zero-order valence-corrected chi connectivity index (χ0v) is 17.8. The molecule has 2 atom stereocenters. The molecule has 1 aliphatic heterocycles. The van der Waals surface area contributed by atoms with E-state index < -0.39 is 17.5 Å². The summed E-state index contributed by atoms with van der Waals surface area (Å²) in [5, 5.41) is 17.4. The van der Waals surface area contributed by atoms with Gasteiger partial charge in [-0.15, -0.1) is 0 Å². The van der Waals surface area contributed by atoms with Gasteiger partial charge in [0, 0.05) is 26.2 Å². The molecule has 10 heteroatoms. The molecule has 1 fully saturated rings. The molecule has 2 aromatic rings. The van der Waals surface area contributed by atoms with Crippen molar-refractivity contribution in [1.29, 1.82) is 0 Å². The van der Waals surface area contributed by atoms with Gasteiger partial charge in [0.05, 0.1) is 17.1 Å². The normalized spacial score (nSPS) is 19.7. The van der Waals surface area contributed by atoms with Crippen LogP contribution in [0.15, 0.2) is 21.3 Å². The summed E-state index contributed by atoms with van der Waals surface area (Å²) in [7, 11) is 2.67. The zero-order valence-electron chi connectivity index (χ0n) is 17.8. The fourth-order valence-electron chi connectivity index (χ4n) is 3.24. The number of anilines is 1. The Kier molecular flexibility index (Phi) is 9.09. The fourth-order valence-corrected chi connectivity index (χ4v) is 3.24. The smallest absolute Gasteiger partial charge is 0.363 e. The van der Waals surface area contributed by atoms with Gasteiger partial charge in [0.2, 0.25) is 12.7 Å². The molecule has 1 amide bonds. The van der Waals surface area contributed by atoms with Crippen LogP contribution in [0.4, 0.5) is 5.69 Å². The predicted octanol–water partition coefficient (Wildman–Crippen LogP) is 1.41. The van der Waals surface area contributed by atoms with Crippen LogP contribution in [-0.2, 0) is 14.3 Å². The average molecular weight is 426 g/mol. The Hall–Kier alpha value is -2.82. The van der Waals surface area contributed by atoms with E-state index in [0.717, 1.165) is 13.5 Å². The van der Waals surface area contributed by atoms with Crippen molar-refractivity contribution in [2.75, 3.05) is 20.0 Å². The summed E-state index contributed by atoms with van der Waals surface area (Å²) in [4.78, 5) is 20.3. The molecular formula is C20H30N2O8. The third-order valence-corrected chi connectivity index (χ3v) is 4.70. The Bertz CT molecular complexity index is 910. The minimum absolute atomic E-state index is 0.00277. The van der Waals surface area contributed by atoms with Crippen LogP contribution in [0.3, 0.4) is 0 Å². The number of hydrogen-bond acceptors (Lipinski definition) is 9. The molecule has 168 valence electrons. The maximum absolute atomic E-state index is 11.7. The number of carbonyl (C=O) groups excluding carboxylic acids is 1. The summed E-state index contributed by atoms with van der Waals surface area (Å²) in [5.41, 5.74) is 8.99. The molecule has 2 heterocycles. The van der Waals surface area contributed by atoms with Gasteiger partial charge >= 0.3 is 5.63 Å². The lowest BCUT2D eigenvalue weighted by Crippen LogP contribution is -2.49. The van der Waals surface area contributed by atoms with E-state index in [1.165, 1.54) is 0 Å². The number of ether oxygens (including phenoxy) is 3. The summed E-state index contributed by atoms with van der Waals surface area (Å²) in [5.74, 6) is 0.246. The highest BCUT2D eigenvalue weighted by Crippen LogP contribution is 2.36. The first-order chi connectivity index (χ1) is 14.2. The summed E-state index contributed by atoms with van der Waals surface area (Å²) in [6.45, 7) is 5.68. The number of nitrogen functional groups attached to an aromatic ring is 1. The van der Waals surface area contributed by atoms with Crippen molar-refractivity contribution in [3.63, 3.8) is 0 Å². The van der Waals surface area contributed by atoms with Gasteiger partial charge < -0.3 is 40.3 Å². The Labute approximate surface area is 174 Å². The van der Waals surface area contributed by atoms with Crippen molar-refractivity contribution in [3.05, 3.63) is 28.1 Å². The fraction of sp³-hybridized carbons (Fsp3) is 0.500. The number of amides is 1. The lowest BCUT2D eigenvalue weighted by molar-refractivity contribution is -0.233. The maximum Gasteiger partial charge on any atom is 0.363 e. The summed E-state index contributed by atoms with van der Waals surface area (Å²) < 4.78 is 22.7. The number of aromatic hydroxyl groups is 1. The van der Waals surface area contributed by atoms with Gasteiger partial charge in [-0.1, -0.05) is 0 Å². The van der Waals surface area contributed by atoms with Crippen molar-refractivity contribution in [2.45, 2.75) is 51.6 Å². The Balaban J connectivity index is 0.000000826. The third-order valence-electron chi connectivity index (χ3n) is 4.70. The molecule has 0 spiro atoms. The monoisotopic (exact) mass is 426 g/mol. The highest BCUT2D eigenvalue weighted by atomic mass is 16.7. The quantitative estimate of drug-likeness (QED) is 0.419. The SMILES string of the molecule is CO.COC1CCC(Oc2ccc3c(O)c(N)c(=O)oc3c2C)OC1(C)C.NC=O. The van der Waals surface area contributed by atoms with E-state index in [0.29, 0.717) is 23.1 Å². The topological polar surface area (TPSA) is 167 Å². The van der Waals surface area contributed by atoms with Crippen molar-refractivity contribution in [1.82, 2.24) is 0 Å². The van der Waals surface area contributed by atoms with E-state index in [2.05, 4.69) is 5.73 Å². The van der Waals surface area contributed by atoms with Crippen LogP contribution in [0, 0.1) is 6.92 Å². The molecule has 0 bridgehead atoms. The minimum Gasteiger partial charge on any atom is -0.505 e. The Morgan fingerprint density at radius 1 is 1.27 bits per heavy atom. The third kappa shape index (κ3) is 5.41. The van der Waals surface area contributed by atoms with Crippen LogP contribution in [0.1, 0.15) is 32.3 Å². The second kappa shape index (κ2) is 10.8. The summed E-state index contributed by atoms with van der Waals surface area (Å²) in [6, 6.07) is 3.31. The second-order valence-corrected chi connectivity index (χ2v) is 6.92. The van der Waals surface area contributed by atoms with Crippen molar-refractivity contribution in [2.24, 2.45) is 5.73 Å². The molecule has 1 aromatic heterocycles. The molecule has 1 aromatic carbocycles. The standard InChI is InChI=1S/C18H23NO6.CH3NO.CH4O/c1-9-11(23-13-8-7-12(22-4)18(2,3)25-13)6-5-10-15(20)14(19)17(21)24-16(9)10;2-1-3;1-2/h5-6,12-13,20H,7-8,19H2,1-4H3;1H,(H2,2,3);2H,1H3. The number of carbonyl (C=O) groups is 1. The number of aliphatic hydroxyl groups is 1. The number of benzene rings is 1. The van der Waals surface area contributed by atoms with Crippen LogP contribution in [0.5, 0.6) is 11.5 Å². The van der Waals surface area contributed by atoms with Gasteiger partial charge in [0.25, 0.3) is 0 Å². The maximum atomic E-state index is 11.7. The Morgan fingerprint density at radius 3 is 2.40 bits per heavy atom. The van der Waals surface area contributed by atoms with Gasteiger partial charge in [0.15, 0.2) is 11.4 Å². The average Bonchev–Trinajstić information content (AvgIpc) is 2.70. The largest absolute Gasteiger partial charge is 0.505 e. The van der Waals surface area contributed by atoms with E-state index in [1.807, 2.05) is 13.8 Å². The summed E-state index contributed by atoms with van der Waals surface area (Å²) >= 11 is 0. The molecular weight excluding hydrogens is 396 g/mol. The molecule has 0 saturated carbocycles. The number of aryl methyl sites for hydroxylation is 1. The zero-order chi connectivity index (χ0) is 23.1. The number of nitrogens with two attached hydrogens (primary N) is 2. The van der Waals surface area contributed by atoms with Crippen LogP contribution in [0.2, 0.25) is 0 Å². The summed E-state index contributed by atoms with van der Waals surface area (Å²) in [6.07, 6.45) is 1.30. The molecule has 30 heavy (non-hydrogen) atoms. The number of rotatable bonds is 3. The first-order valence-electron chi connectivity index (χ1n) is 9.18. The van der Waals surface area contributed by atoms with Gasteiger partial charge in [-0.25, -0.2) is 4.79 Å². The van der Waals surface area contributed by atoms with E-state index in [9.17, 15) is 9.90 Å². The van der Waals surface area contributed by atoms with Crippen molar-refractivity contribution in [3.8, 4) is 11.5 Å². The second-order valence-electron chi connectivity index (χ2n) is 6.92. The van der Waals surface area contributed by atoms with Crippen LogP contribution in [-0.4, -0.2) is 48.8 Å². The number of hydrogen-bond donors (Lipinski definition) is 4. The molecule has 3 rings (SSSR count). The molecule has 10 nitrogen and oxygen atoms in total. The van der Waals surface area contributed by atoms with Crippen molar-refractivity contribution >= 4 is 23.1 Å². The lowest BCUT2D eigenvalue weighted by atomic mass is 9.94. The number of primary amides is 1. The number of fused-ring (bicyclic) bond motifs is 1. The highest BCUT2D eigenvalue weighted by molar-refractivity contribution is 5.90. The molecule has 6 N–H and O–H groups in total. The van der Waals surface area contributed by atoms with Crippen LogP contribution in [0.25, 0.3) is 11.0 Å². The molecule has 0 radical (unpaired) electrons. The number of methoxy groups -OCH3 is 1. The van der Waals surface area contributed by atoms with E-state index in [4.69, 9.17) is 34.3 Å². The number of aliphatic hydroxyl groups excluding tert-OH is 1. The molecule has 2 unspecified atom stereocenters. The van der Waals surface area contributed by atoms with Gasteiger partial charge in [-0.2, -0.15) is 0 Å². The molecule has 0 aliphatic carbocycles. The molecule has 1 aliphatic rings. The van der Waals surface area contributed by atoms with Crippen LogP contribution < -0.4 is 21.8 Å². The minimum atomic E-state index is -0.775. The lowest BCUT2D eigenvalue weighted by Gasteiger charge is -2.41. The van der Waals surface area contributed by atoms with Gasteiger partial charge in [-0.05, 0) is 39.3 Å². The Morgan fingerprint density at radius 2 is 1.87 bits per heavy atom. The first-order valence-corrected chi connectivity index (χ1v) is 9.18. The van der Waals surface area contributed by atoms with E-state index in [-0.39, 0.29) is 29.5 Å². The van der Waals surface area contributed by atoms with E-state index in [1.54, 1.807) is 26.2 Å². The highest BCUT2D eigenvalue weighted by Gasteiger charge is 2.39. The van der Waals surface area contributed by atoms with Gasteiger partial charge in [0.1, 0.15) is 11.3 Å².